The maximum absolute atomic E-state index is 12.0. The number of benzene rings is 1. The number of rotatable bonds is 2. The number of amides is 1. The van der Waals surface area contributed by atoms with Gasteiger partial charge in [0.2, 0.25) is 0 Å². The van der Waals surface area contributed by atoms with Gasteiger partial charge in [0.1, 0.15) is 0 Å². The summed E-state index contributed by atoms with van der Waals surface area (Å²) in [7, 11) is 0. The average Bonchev–Trinajstić information content (AvgIpc) is 2.38. The summed E-state index contributed by atoms with van der Waals surface area (Å²) in [5, 5.41) is 2.96. The fourth-order valence-corrected chi connectivity index (χ4v) is 2.06. The van der Waals surface area contributed by atoms with Crippen LogP contribution in [0.2, 0.25) is 0 Å². The van der Waals surface area contributed by atoms with E-state index >= 15 is 0 Å². The predicted molar refractivity (Wildman–Crippen MR) is 76.7 cm³/mol. The molecule has 0 aromatic heterocycles. The lowest BCUT2D eigenvalue weighted by Crippen LogP contribution is -2.40. The number of anilines is 1. The minimum atomic E-state index is -0.208. The molecule has 1 heterocycles. The zero-order valence-electron chi connectivity index (χ0n) is 11.9. The van der Waals surface area contributed by atoms with Crippen LogP contribution in [0.3, 0.4) is 0 Å². The monoisotopic (exact) mass is 262 g/mol. The summed E-state index contributed by atoms with van der Waals surface area (Å²) in [6.45, 7) is 9.30. The van der Waals surface area contributed by atoms with Crippen LogP contribution in [0, 0.1) is 0 Å². The highest BCUT2D eigenvalue weighted by Gasteiger charge is 2.16. The van der Waals surface area contributed by atoms with Crippen LogP contribution >= 0.6 is 0 Å². The van der Waals surface area contributed by atoms with Gasteiger partial charge in [-0.05, 0) is 45.0 Å². The van der Waals surface area contributed by atoms with E-state index in [4.69, 9.17) is 4.74 Å². The molecule has 1 saturated heterocycles. The van der Waals surface area contributed by atoms with Gasteiger partial charge >= 0.3 is 0 Å². The second-order valence-electron chi connectivity index (χ2n) is 5.85. The summed E-state index contributed by atoms with van der Waals surface area (Å²) in [6.07, 6.45) is 0. The third kappa shape index (κ3) is 3.96. The van der Waals surface area contributed by atoms with Crippen molar-refractivity contribution in [1.82, 2.24) is 5.32 Å². The third-order valence-corrected chi connectivity index (χ3v) is 2.99. The second kappa shape index (κ2) is 5.61. The van der Waals surface area contributed by atoms with Crippen LogP contribution in [0.25, 0.3) is 0 Å². The van der Waals surface area contributed by atoms with Gasteiger partial charge in [0, 0.05) is 29.9 Å². The molecule has 0 saturated carbocycles. The summed E-state index contributed by atoms with van der Waals surface area (Å²) >= 11 is 0. The highest BCUT2D eigenvalue weighted by Crippen LogP contribution is 2.17. The van der Waals surface area contributed by atoms with Crippen LogP contribution in [0.15, 0.2) is 24.3 Å². The minimum absolute atomic E-state index is 0.0268. The Bertz CT molecular complexity index is 428. The Balaban J connectivity index is 2.03. The topological polar surface area (TPSA) is 41.6 Å². The number of nitrogens with zero attached hydrogens (tertiary/aromatic N) is 1. The molecule has 4 nitrogen and oxygen atoms in total. The molecule has 0 atom stereocenters. The number of nitrogens with one attached hydrogen (secondary N) is 1. The van der Waals surface area contributed by atoms with E-state index in [-0.39, 0.29) is 11.4 Å². The van der Waals surface area contributed by atoms with Gasteiger partial charge in [-0.3, -0.25) is 4.79 Å². The highest BCUT2D eigenvalue weighted by molar-refractivity contribution is 5.94. The van der Waals surface area contributed by atoms with Crippen LogP contribution in [-0.4, -0.2) is 37.7 Å². The number of carbonyl (C=O) groups is 1. The van der Waals surface area contributed by atoms with Crippen molar-refractivity contribution >= 4 is 11.6 Å². The van der Waals surface area contributed by atoms with E-state index in [1.165, 1.54) is 0 Å². The lowest BCUT2D eigenvalue weighted by Gasteiger charge is -2.29. The Hall–Kier alpha value is -1.55. The lowest BCUT2D eigenvalue weighted by molar-refractivity contribution is 0.0919. The number of morpholine rings is 1. The summed E-state index contributed by atoms with van der Waals surface area (Å²) < 4.78 is 5.33. The molecule has 1 N–H and O–H groups in total. The van der Waals surface area contributed by atoms with E-state index in [9.17, 15) is 4.79 Å². The molecule has 0 aliphatic carbocycles. The normalized spacial score (nSPS) is 16.3. The minimum Gasteiger partial charge on any atom is -0.378 e. The molecule has 1 aromatic rings. The first kappa shape index (κ1) is 13.9. The number of carbonyl (C=O) groups excluding carboxylic acids is 1. The molecule has 1 aliphatic heterocycles. The SMILES string of the molecule is CC(C)(C)NC(=O)c1ccc(N2CCOCC2)cc1. The Morgan fingerprint density at radius 2 is 1.74 bits per heavy atom. The van der Waals surface area contributed by atoms with Gasteiger partial charge < -0.3 is 15.0 Å². The third-order valence-electron chi connectivity index (χ3n) is 2.99. The Labute approximate surface area is 114 Å². The molecular formula is C15H22N2O2. The summed E-state index contributed by atoms with van der Waals surface area (Å²) in [5.41, 5.74) is 1.64. The number of hydrogen-bond acceptors (Lipinski definition) is 3. The number of hydrogen-bond donors (Lipinski definition) is 1. The van der Waals surface area contributed by atoms with E-state index < -0.39 is 0 Å². The van der Waals surface area contributed by atoms with E-state index in [0.717, 1.165) is 32.0 Å². The van der Waals surface area contributed by atoms with Crippen LogP contribution in [0.5, 0.6) is 0 Å². The summed E-state index contributed by atoms with van der Waals surface area (Å²) in [5.74, 6) is -0.0268. The van der Waals surface area contributed by atoms with Crippen molar-refractivity contribution in [3.63, 3.8) is 0 Å². The van der Waals surface area contributed by atoms with Crippen molar-refractivity contribution in [3.05, 3.63) is 29.8 Å². The molecular weight excluding hydrogens is 240 g/mol. The van der Waals surface area contributed by atoms with E-state index in [1.807, 2.05) is 45.0 Å². The maximum atomic E-state index is 12.0. The molecule has 0 unspecified atom stereocenters. The molecule has 4 heteroatoms. The standard InChI is InChI=1S/C15H22N2O2/c1-15(2,3)16-14(18)12-4-6-13(7-5-12)17-8-10-19-11-9-17/h4-7H,8-11H2,1-3H3,(H,16,18). The van der Waals surface area contributed by atoms with Crippen molar-refractivity contribution in [2.24, 2.45) is 0 Å². The largest absolute Gasteiger partial charge is 0.378 e. The zero-order chi connectivity index (χ0) is 13.9. The molecule has 1 fully saturated rings. The zero-order valence-corrected chi connectivity index (χ0v) is 11.9. The molecule has 0 bridgehead atoms. The molecule has 19 heavy (non-hydrogen) atoms. The number of ether oxygens (including phenoxy) is 1. The fourth-order valence-electron chi connectivity index (χ4n) is 2.06. The van der Waals surface area contributed by atoms with E-state index in [2.05, 4.69) is 10.2 Å². The van der Waals surface area contributed by atoms with E-state index in [1.54, 1.807) is 0 Å². The second-order valence-corrected chi connectivity index (χ2v) is 5.85. The summed E-state index contributed by atoms with van der Waals surface area (Å²) in [6, 6.07) is 7.77. The van der Waals surface area contributed by atoms with Gasteiger partial charge in [-0.2, -0.15) is 0 Å². The predicted octanol–water partition coefficient (Wildman–Crippen LogP) is 2.05. The highest BCUT2D eigenvalue weighted by atomic mass is 16.5. The van der Waals surface area contributed by atoms with Crippen molar-refractivity contribution in [2.75, 3.05) is 31.2 Å². The molecule has 1 amide bonds. The Morgan fingerprint density at radius 3 is 2.26 bits per heavy atom. The van der Waals surface area contributed by atoms with Gasteiger partial charge in [0.25, 0.3) is 5.91 Å². The van der Waals surface area contributed by atoms with Gasteiger partial charge in [0.05, 0.1) is 13.2 Å². The molecule has 0 spiro atoms. The summed E-state index contributed by atoms with van der Waals surface area (Å²) in [4.78, 5) is 14.3. The Morgan fingerprint density at radius 1 is 1.16 bits per heavy atom. The van der Waals surface area contributed by atoms with Crippen LogP contribution in [-0.2, 0) is 4.74 Å². The molecule has 2 rings (SSSR count). The molecule has 104 valence electrons. The first-order valence-electron chi connectivity index (χ1n) is 6.71. The van der Waals surface area contributed by atoms with Gasteiger partial charge in [-0.1, -0.05) is 0 Å². The van der Waals surface area contributed by atoms with Gasteiger partial charge in [-0.25, -0.2) is 0 Å². The van der Waals surface area contributed by atoms with Crippen LogP contribution < -0.4 is 10.2 Å². The van der Waals surface area contributed by atoms with Crippen LogP contribution in [0.1, 0.15) is 31.1 Å². The quantitative estimate of drug-likeness (QED) is 0.887. The van der Waals surface area contributed by atoms with Crippen molar-refractivity contribution in [3.8, 4) is 0 Å². The lowest BCUT2D eigenvalue weighted by atomic mass is 10.1. The molecule has 1 aliphatic rings. The van der Waals surface area contributed by atoms with Crippen molar-refractivity contribution < 1.29 is 9.53 Å². The average molecular weight is 262 g/mol. The molecule has 0 radical (unpaired) electrons. The van der Waals surface area contributed by atoms with Crippen molar-refractivity contribution in [1.29, 1.82) is 0 Å². The van der Waals surface area contributed by atoms with Gasteiger partial charge in [0.15, 0.2) is 0 Å². The first-order valence-corrected chi connectivity index (χ1v) is 6.71. The Kier molecular flexibility index (Phi) is 4.10. The smallest absolute Gasteiger partial charge is 0.251 e. The van der Waals surface area contributed by atoms with E-state index in [0.29, 0.717) is 5.56 Å². The van der Waals surface area contributed by atoms with Crippen molar-refractivity contribution in [2.45, 2.75) is 26.3 Å². The van der Waals surface area contributed by atoms with Crippen LogP contribution in [0.4, 0.5) is 5.69 Å². The van der Waals surface area contributed by atoms with Gasteiger partial charge in [-0.15, -0.1) is 0 Å². The molecule has 1 aromatic carbocycles. The fraction of sp³-hybridized carbons (Fsp3) is 0.533. The first-order chi connectivity index (χ1) is 8.96. The maximum Gasteiger partial charge on any atom is 0.251 e.